The van der Waals surface area contributed by atoms with Gasteiger partial charge in [0.1, 0.15) is 0 Å². The minimum atomic E-state index is -0.603. The summed E-state index contributed by atoms with van der Waals surface area (Å²) in [5.41, 5.74) is 2.08. The summed E-state index contributed by atoms with van der Waals surface area (Å²) < 4.78 is 0. The molecule has 0 heterocycles. The second kappa shape index (κ2) is 5.67. The Morgan fingerprint density at radius 1 is 1.35 bits per heavy atom. The number of nitriles is 1. The van der Waals surface area contributed by atoms with E-state index in [1.807, 2.05) is 11.9 Å². The zero-order valence-corrected chi connectivity index (χ0v) is 10.4. The topological polar surface area (TPSA) is 67.5 Å². The van der Waals surface area contributed by atoms with E-state index < -0.39 is 12.2 Å². The van der Waals surface area contributed by atoms with Crippen molar-refractivity contribution in [3.8, 4) is 6.07 Å². The number of benzene rings is 1. The maximum Gasteiger partial charge on any atom is 0.0992 e. The van der Waals surface area contributed by atoms with Crippen molar-refractivity contribution in [3.63, 3.8) is 0 Å². The van der Waals surface area contributed by atoms with Gasteiger partial charge in [-0.2, -0.15) is 5.26 Å². The Morgan fingerprint density at radius 3 is 2.47 bits per heavy atom. The maximum atomic E-state index is 9.68. The molecule has 0 saturated carbocycles. The van der Waals surface area contributed by atoms with Gasteiger partial charge in [0, 0.05) is 24.8 Å². The van der Waals surface area contributed by atoms with Crippen LogP contribution in [0.4, 0.5) is 5.69 Å². The number of nitrogens with zero attached hydrogens (tertiary/aromatic N) is 2. The van der Waals surface area contributed by atoms with E-state index in [1.54, 1.807) is 32.0 Å². The molecule has 4 nitrogen and oxygen atoms in total. The predicted octanol–water partition coefficient (Wildman–Crippen LogP) is 1.43. The van der Waals surface area contributed by atoms with Crippen molar-refractivity contribution in [2.75, 3.05) is 18.5 Å². The molecular weight excluding hydrogens is 216 g/mol. The van der Waals surface area contributed by atoms with Crippen molar-refractivity contribution in [1.29, 1.82) is 5.26 Å². The van der Waals surface area contributed by atoms with Crippen molar-refractivity contribution in [3.05, 3.63) is 29.3 Å². The fourth-order valence-electron chi connectivity index (χ4n) is 1.79. The standard InChI is InChI=1S/C13H18N2O2/c1-9(16)8-15(3)13-6-11(7-14)4-5-12(13)10(2)17/h4-6,9-10,16-17H,8H2,1-3H3/t9?,10-/m0/s1. The minimum absolute atomic E-state index is 0.453. The smallest absolute Gasteiger partial charge is 0.0992 e. The Balaban J connectivity index is 3.13. The molecule has 0 amide bonds. The van der Waals surface area contributed by atoms with E-state index in [-0.39, 0.29) is 0 Å². The van der Waals surface area contributed by atoms with Gasteiger partial charge in [0.2, 0.25) is 0 Å². The van der Waals surface area contributed by atoms with Gasteiger partial charge in [-0.1, -0.05) is 6.07 Å². The summed E-state index contributed by atoms with van der Waals surface area (Å²) in [7, 11) is 1.83. The average Bonchev–Trinajstić information content (AvgIpc) is 2.27. The zero-order chi connectivity index (χ0) is 13.0. The molecule has 0 saturated heterocycles. The van der Waals surface area contributed by atoms with Crippen LogP contribution >= 0.6 is 0 Å². The van der Waals surface area contributed by atoms with Crippen molar-refractivity contribution < 1.29 is 10.2 Å². The lowest BCUT2D eigenvalue weighted by molar-refractivity contribution is 0.195. The highest BCUT2D eigenvalue weighted by Gasteiger charge is 2.13. The molecule has 1 aromatic carbocycles. The third kappa shape index (κ3) is 3.45. The second-order valence-corrected chi connectivity index (χ2v) is 4.29. The monoisotopic (exact) mass is 234 g/mol. The predicted molar refractivity (Wildman–Crippen MR) is 66.7 cm³/mol. The normalized spacial score (nSPS) is 13.9. The molecule has 17 heavy (non-hydrogen) atoms. The third-order valence-electron chi connectivity index (χ3n) is 2.56. The SMILES string of the molecule is CC(O)CN(C)c1cc(C#N)ccc1[C@H](C)O. The molecular formula is C13H18N2O2. The van der Waals surface area contributed by atoms with E-state index in [2.05, 4.69) is 6.07 Å². The Labute approximate surface area is 102 Å². The van der Waals surface area contributed by atoms with E-state index in [0.29, 0.717) is 12.1 Å². The Morgan fingerprint density at radius 2 is 2.00 bits per heavy atom. The summed E-state index contributed by atoms with van der Waals surface area (Å²) in [5.74, 6) is 0. The largest absolute Gasteiger partial charge is 0.392 e. The van der Waals surface area contributed by atoms with Crippen LogP contribution in [0.15, 0.2) is 18.2 Å². The molecule has 0 aliphatic rings. The van der Waals surface area contributed by atoms with Gasteiger partial charge in [0.05, 0.1) is 23.8 Å². The first-order valence-electron chi connectivity index (χ1n) is 5.57. The first-order valence-corrected chi connectivity index (χ1v) is 5.57. The van der Waals surface area contributed by atoms with Crippen LogP contribution < -0.4 is 4.90 Å². The molecule has 0 spiro atoms. The molecule has 4 heteroatoms. The quantitative estimate of drug-likeness (QED) is 0.827. The molecule has 1 unspecified atom stereocenters. The third-order valence-corrected chi connectivity index (χ3v) is 2.56. The molecule has 1 aromatic rings. The van der Waals surface area contributed by atoms with E-state index in [0.717, 1.165) is 11.3 Å². The molecule has 0 bridgehead atoms. The highest BCUT2D eigenvalue weighted by atomic mass is 16.3. The molecule has 0 aromatic heterocycles. The molecule has 0 radical (unpaired) electrons. The van der Waals surface area contributed by atoms with Crippen LogP contribution in [0.25, 0.3) is 0 Å². The van der Waals surface area contributed by atoms with Crippen molar-refractivity contribution in [2.24, 2.45) is 0 Å². The fourth-order valence-corrected chi connectivity index (χ4v) is 1.79. The Hall–Kier alpha value is -1.57. The van der Waals surface area contributed by atoms with E-state index in [9.17, 15) is 10.2 Å². The first kappa shape index (κ1) is 13.5. The zero-order valence-electron chi connectivity index (χ0n) is 10.4. The number of aliphatic hydroxyl groups is 2. The number of aliphatic hydroxyl groups excluding tert-OH is 2. The van der Waals surface area contributed by atoms with Gasteiger partial charge in [-0.25, -0.2) is 0 Å². The van der Waals surface area contributed by atoms with Gasteiger partial charge >= 0.3 is 0 Å². The van der Waals surface area contributed by atoms with Crippen LogP contribution in [0.1, 0.15) is 31.1 Å². The van der Waals surface area contributed by atoms with E-state index >= 15 is 0 Å². The average molecular weight is 234 g/mol. The number of rotatable bonds is 4. The van der Waals surface area contributed by atoms with Gasteiger partial charge < -0.3 is 15.1 Å². The second-order valence-electron chi connectivity index (χ2n) is 4.29. The molecule has 0 aliphatic carbocycles. The minimum Gasteiger partial charge on any atom is -0.392 e. The van der Waals surface area contributed by atoms with E-state index in [1.165, 1.54) is 0 Å². The number of hydrogen-bond donors (Lipinski definition) is 2. The lowest BCUT2D eigenvalue weighted by Crippen LogP contribution is -2.28. The van der Waals surface area contributed by atoms with Crippen LogP contribution in [0.5, 0.6) is 0 Å². The first-order chi connectivity index (χ1) is 7.95. The molecule has 0 aliphatic heterocycles. The van der Waals surface area contributed by atoms with Gasteiger partial charge in [0.25, 0.3) is 0 Å². The summed E-state index contributed by atoms with van der Waals surface area (Å²) in [6.45, 7) is 3.84. The summed E-state index contributed by atoms with van der Waals surface area (Å²) in [6.07, 6.45) is -1.07. The van der Waals surface area contributed by atoms with E-state index in [4.69, 9.17) is 5.26 Å². The molecule has 92 valence electrons. The molecule has 2 atom stereocenters. The number of likely N-dealkylation sites (N-methyl/N-ethyl adjacent to an activating group) is 1. The Kier molecular flexibility index (Phi) is 4.50. The highest BCUT2D eigenvalue weighted by molar-refractivity contribution is 5.58. The summed E-state index contributed by atoms with van der Waals surface area (Å²) >= 11 is 0. The molecule has 2 N–H and O–H groups in total. The van der Waals surface area contributed by atoms with Crippen LogP contribution in [-0.4, -0.2) is 29.9 Å². The van der Waals surface area contributed by atoms with Gasteiger partial charge in [-0.3, -0.25) is 0 Å². The van der Waals surface area contributed by atoms with Crippen LogP contribution in [-0.2, 0) is 0 Å². The highest BCUT2D eigenvalue weighted by Crippen LogP contribution is 2.26. The van der Waals surface area contributed by atoms with Gasteiger partial charge in [-0.05, 0) is 26.0 Å². The lowest BCUT2D eigenvalue weighted by Gasteiger charge is -2.25. The Bertz CT molecular complexity index is 422. The summed E-state index contributed by atoms with van der Waals surface area (Å²) in [6, 6.07) is 7.23. The fraction of sp³-hybridized carbons (Fsp3) is 0.462. The van der Waals surface area contributed by atoms with Crippen molar-refractivity contribution in [1.82, 2.24) is 0 Å². The van der Waals surface area contributed by atoms with Crippen LogP contribution in [0, 0.1) is 11.3 Å². The summed E-state index contributed by atoms with van der Waals surface area (Å²) in [5, 5.41) is 27.9. The van der Waals surface area contributed by atoms with Crippen LogP contribution in [0.3, 0.4) is 0 Å². The van der Waals surface area contributed by atoms with Gasteiger partial charge in [-0.15, -0.1) is 0 Å². The lowest BCUT2D eigenvalue weighted by atomic mass is 10.0. The number of anilines is 1. The molecule has 0 fully saturated rings. The number of hydrogen-bond acceptors (Lipinski definition) is 4. The summed E-state index contributed by atoms with van der Waals surface area (Å²) in [4.78, 5) is 1.84. The van der Waals surface area contributed by atoms with Crippen molar-refractivity contribution >= 4 is 5.69 Å². The van der Waals surface area contributed by atoms with Gasteiger partial charge in [0.15, 0.2) is 0 Å². The maximum absolute atomic E-state index is 9.68. The van der Waals surface area contributed by atoms with Crippen molar-refractivity contribution in [2.45, 2.75) is 26.1 Å². The van der Waals surface area contributed by atoms with Crippen LogP contribution in [0.2, 0.25) is 0 Å². The molecule has 1 rings (SSSR count).